The van der Waals surface area contributed by atoms with Gasteiger partial charge in [0.2, 0.25) is 5.91 Å². The van der Waals surface area contributed by atoms with Crippen LogP contribution in [0.1, 0.15) is 37.8 Å². The zero-order valence-corrected chi connectivity index (χ0v) is 11.9. The molecule has 0 bridgehead atoms. The Labute approximate surface area is 117 Å². The summed E-state index contributed by atoms with van der Waals surface area (Å²) in [5.41, 5.74) is 1.68. The number of rotatable bonds is 3. The van der Waals surface area contributed by atoms with E-state index in [-0.39, 0.29) is 11.9 Å². The van der Waals surface area contributed by atoms with E-state index in [1.165, 1.54) is 0 Å². The molecule has 1 atom stereocenters. The van der Waals surface area contributed by atoms with Crippen molar-refractivity contribution < 1.29 is 4.79 Å². The van der Waals surface area contributed by atoms with Crippen molar-refractivity contribution in [2.75, 3.05) is 6.54 Å². The van der Waals surface area contributed by atoms with Crippen molar-refractivity contribution in [2.45, 2.75) is 39.8 Å². The van der Waals surface area contributed by atoms with E-state index in [2.05, 4.69) is 27.1 Å². The molecule has 0 aliphatic carbocycles. The lowest BCUT2D eigenvalue weighted by molar-refractivity contribution is -0.136. The molecule has 0 saturated carbocycles. The number of nitrogens with one attached hydrogen (secondary N) is 1. The number of nitrogens with zero attached hydrogens (tertiary/aromatic N) is 5. The molecule has 0 unspecified atom stereocenters. The molecule has 0 saturated heterocycles. The fourth-order valence-corrected chi connectivity index (χ4v) is 2.67. The van der Waals surface area contributed by atoms with Crippen LogP contribution in [0.2, 0.25) is 0 Å². The Hall–Kier alpha value is -2.18. The average Bonchev–Trinajstić information content (AvgIpc) is 3.01. The van der Waals surface area contributed by atoms with Crippen molar-refractivity contribution in [3.8, 4) is 11.5 Å². The lowest BCUT2D eigenvalue weighted by Gasteiger charge is -2.31. The highest BCUT2D eigenvalue weighted by Gasteiger charge is 2.33. The molecular weight excluding hydrogens is 256 g/mol. The number of carbonyl (C=O) groups excluding carboxylic acids is 1. The predicted molar refractivity (Wildman–Crippen MR) is 72.8 cm³/mol. The molecule has 0 fully saturated rings. The summed E-state index contributed by atoms with van der Waals surface area (Å²) in [4.78, 5) is 21.6. The van der Waals surface area contributed by atoms with Gasteiger partial charge < -0.3 is 9.88 Å². The molecule has 1 aliphatic rings. The number of hydrogen-bond acceptors (Lipinski definition) is 4. The van der Waals surface area contributed by atoms with Crippen LogP contribution in [0.4, 0.5) is 0 Å². The summed E-state index contributed by atoms with van der Waals surface area (Å²) < 4.78 is 1.90. The molecule has 0 spiro atoms. The third kappa shape index (κ3) is 1.81. The Balaban J connectivity index is 2.05. The first-order valence-corrected chi connectivity index (χ1v) is 6.86. The largest absolute Gasteiger partial charge is 0.348 e. The summed E-state index contributed by atoms with van der Waals surface area (Å²) in [6.07, 6.45) is 2.57. The summed E-state index contributed by atoms with van der Waals surface area (Å²) in [5.74, 6) is 1.60. The lowest BCUT2D eigenvalue weighted by atomic mass is 10.2. The predicted octanol–water partition coefficient (Wildman–Crippen LogP) is 1.29. The topological polar surface area (TPSA) is 79.7 Å². The number of amides is 1. The van der Waals surface area contributed by atoms with Crippen LogP contribution in [0.25, 0.3) is 11.5 Å². The van der Waals surface area contributed by atoms with Crippen LogP contribution in [-0.4, -0.2) is 42.1 Å². The maximum absolute atomic E-state index is 12.4. The number of aromatic nitrogens is 5. The van der Waals surface area contributed by atoms with Gasteiger partial charge in [0.05, 0.1) is 12.9 Å². The van der Waals surface area contributed by atoms with E-state index in [1.807, 2.05) is 23.3 Å². The Morgan fingerprint density at radius 1 is 1.45 bits per heavy atom. The van der Waals surface area contributed by atoms with Crippen LogP contribution >= 0.6 is 0 Å². The number of H-pyrrole nitrogens is 1. The van der Waals surface area contributed by atoms with E-state index >= 15 is 0 Å². The summed E-state index contributed by atoms with van der Waals surface area (Å²) >= 11 is 0. The van der Waals surface area contributed by atoms with Crippen LogP contribution in [-0.2, 0) is 11.3 Å². The third-order valence-corrected chi connectivity index (χ3v) is 3.69. The van der Waals surface area contributed by atoms with E-state index in [0.717, 1.165) is 30.2 Å². The van der Waals surface area contributed by atoms with Crippen LogP contribution in [0.15, 0.2) is 6.33 Å². The van der Waals surface area contributed by atoms with Gasteiger partial charge in [-0.25, -0.2) is 4.98 Å². The van der Waals surface area contributed by atoms with Crippen LogP contribution in [0.5, 0.6) is 0 Å². The quantitative estimate of drug-likeness (QED) is 0.914. The monoisotopic (exact) mass is 274 g/mol. The first-order chi connectivity index (χ1) is 9.63. The molecule has 2 aromatic heterocycles. The minimum atomic E-state index is -0.286. The fraction of sp³-hybridized carbons (Fsp3) is 0.538. The van der Waals surface area contributed by atoms with Crippen LogP contribution in [0, 0.1) is 6.92 Å². The third-order valence-electron chi connectivity index (χ3n) is 3.69. The number of aromatic amines is 1. The maximum Gasteiger partial charge on any atom is 0.245 e. The van der Waals surface area contributed by atoms with Crippen LogP contribution < -0.4 is 0 Å². The summed E-state index contributed by atoms with van der Waals surface area (Å²) in [5, 5.41) is 8.47. The molecule has 1 N–H and O–H groups in total. The Bertz CT molecular complexity index is 643. The van der Waals surface area contributed by atoms with E-state index < -0.39 is 0 Å². The number of fused-ring (bicyclic) bond motifs is 1. The van der Waals surface area contributed by atoms with Gasteiger partial charge in [-0.15, -0.1) is 10.2 Å². The number of hydrogen-bond donors (Lipinski definition) is 1. The first kappa shape index (κ1) is 12.8. The van der Waals surface area contributed by atoms with Crippen molar-refractivity contribution >= 4 is 5.91 Å². The van der Waals surface area contributed by atoms with Gasteiger partial charge in [0.1, 0.15) is 11.7 Å². The van der Waals surface area contributed by atoms with Crippen LogP contribution in [0.3, 0.4) is 0 Å². The van der Waals surface area contributed by atoms with Gasteiger partial charge in [-0.2, -0.15) is 0 Å². The normalized spacial score (nSPS) is 18.4. The molecule has 3 rings (SSSR count). The number of imidazole rings is 1. The Morgan fingerprint density at radius 3 is 2.90 bits per heavy atom. The summed E-state index contributed by atoms with van der Waals surface area (Å²) in [7, 11) is 0. The zero-order valence-electron chi connectivity index (χ0n) is 11.9. The van der Waals surface area contributed by atoms with Gasteiger partial charge in [0, 0.05) is 12.2 Å². The van der Waals surface area contributed by atoms with Crippen molar-refractivity contribution in [3.05, 3.63) is 17.8 Å². The number of carbonyl (C=O) groups is 1. The minimum Gasteiger partial charge on any atom is -0.348 e. The lowest BCUT2D eigenvalue weighted by Crippen LogP contribution is -2.42. The van der Waals surface area contributed by atoms with Gasteiger partial charge in [-0.05, 0) is 20.3 Å². The highest BCUT2D eigenvalue weighted by molar-refractivity contribution is 5.82. The highest BCUT2D eigenvalue weighted by Crippen LogP contribution is 2.28. The first-order valence-electron chi connectivity index (χ1n) is 6.86. The van der Waals surface area contributed by atoms with Gasteiger partial charge in [-0.3, -0.25) is 9.36 Å². The van der Waals surface area contributed by atoms with Crippen molar-refractivity contribution in [2.24, 2.45) is 0 Å². The average molecular weight is 274 g/mol. The van der Waals surface area contributed by atoms with Crippen molar-refractivity contribution in [1.29, 1.82) is 0 Å². The molecule has 3 heterocycles. The molecule has 7 nitrogen and oxygen atoms in total. The molecule has 1 aliphatic heterocycles. The minimum absolute atomic E-state index is 0.119. The van der Waals surface area contributed by atoms with E-state index in [4.69, 9.17) is 0 Å². The molecule has 7 heteroatoms. The number of aryl methyl sites for hydroxylation is 1. The molecule has 106 valence electrons. The molecule has 1 amide bonds. The zero-order chi connectivity index (χ0) is 14.3. The van der Waals surface area contributed by atoms with E-state index in [0.29, 0.717) is 12.4 Å². The molecular formula is C13H18N6O. The maximum atomic E-state index is 12.4. The highest BCUT2D eigenvalue weighted by atomic mass is 16.2. The Kier molecular flexibility index (Phi) is 3.04. The Morgan fingerprint density at radius 2 is 2.25 bits per heavy atom. The molecule has 0 aromatic carbocycles. The fourth-order valence-electron chi connectivity index (χ4n) is 2.67. The SMILES string of the molecule is CCCN1Cc2nnc(-c3nc[nH]c3C)n2[C@H](C)C1=O. The van der Waals surface area contributed by atoms with Crippen molar-refractivity contribution in [3.63, 3.8) is 0 Å². The molecule has 0 radical (unpaired) electrons. The van der Waals surface area contributed by atoms with E-state index in [9.17, 15) is 4.79 Å². The second-order valence-electron chi connectivity index (χ2n) is 5.12. The standard InChI is InChI=1S/C13H18N6O/c1-4-5-18-6-10-16-17-12(11-8(2)14-7-15-11)19(10)9(3)13(18)20/h7,9H,4-6H2,1-3H3,(H,14,15)/t9-/m1/s1. The smallest absolute Gasteiger partial charge is 0.245 e. The summed E-state index contributed by atoms with van der Waals surface area (Å²) in [6.45, 7) is 7.17. The molecule has 2 aromatic rings. The molecule has 20 heavy (non-hydrogen) atoms. The van der Waals surface area contributed by atoms with Gasteiger partial charge in [0.15, 0.2) is 11.6 Å². The second kappa shape index (κ2) is 4.73. The second-order valence-corrected chi connectivity index (χ2v) is 5.12. The summed E-state index contributed by atoms with van der Waals surface area (Å²) in [6, 6.07) is -0.286. The van der Waals surface area contributed by atoms with Gasteiger partial charge in [0.25, 0.3) is 0 Å². The van der Waals surface area contributed by atoms with Crippen molar-refractivity contribution in [1.82, 2.24) is 29.6 Å². The van der Waals surface area contributed by atoms with Gasteiger partial charge >= 0.3 is 0 Å². The van der Waals surface area contributed by atoms with E-state index in [1.54, 1.807) is 6.33 Å². The van der Waals surface area contributed by atoms with Gasteiger partial charge in [-0.1, -0.05) is 6.92 Å².